The first kappa shape index (κ1) is 18.8. The van der Waals surface area contributed by atoms with Crippen molar-refractivity contribution in [2.45, 2.75) is 12.1 Å². The van der Waals surface area contributed by atoms with Crippen LogP contribution in [-0.4, -0.2) is 31.4 Å². The second kappa shape index (κ2) is 7.89. The number of fused-ring (bicyclic) bond motifs is 3. The highest BCUT2D eigenvalue weighted by Crippen LogP contribution is 2.31. The Morgan fingerprint density at radius 3 is 2.80 bits per heavy atom. The van der Waals surface area contributed by atoms with Gasteiger partial charge in [0, 0.05) is 11.1 Å². The SMILES string of the molecule is Cc1ccc(-n2cnnc2SCC(=O)Nc2nc3c(ccc4ccccc43)s2)cc1. The van der Waals surface area contributed by atoms with Crippen molar-refractivity contribution in [1.29, 1.82) is 0 Å². The average molecular weight is 432 g/mol. The number of hydrogen-bond donors (Lipinski definition) is 1. The molecule has 8 heteroatoms. The maximum atomic E-state index is 12.5. The standard InChI is InChI=1S/C22H17N5OS2/c1-14-6-9-16(10-7-14)27-13-23-26-22(27)29-12-19(28)24-21-25-20-17-5-3-2-4-15(17)8-11-18(20)30-21/h2-11,13H,12H2,1H3,(H,24,25,28). The van der Waals surface area contributed by atoms with Gasteiger partial charge in [-0.1, -0.05) is 71.1 Å². The third-order valence-corrected chi connectivity index (χ3v) is 6.57. The number of rotatable bonds is 5. The van der Waals surface area contributed by atoms with Crippen LogP contribution in [0.25, 0.3) is 26.7 Å². The lowest BCUT2D eigenvalue weighted by Crippen LogP contribution is -2.14. The van der Waals surface area contributed by atoms with Crippen molar-refractivity contribution in [3.63, 3.8) is 0 Å². The Labute approximate surface area is 181 Å². The molecule has 2 aromatic heterocycles. The van der Waals surface area contributed by atoms with Crippen LogP contribution in [0.15, 0.2) is 72.1 Å². The minimum atomic E-state index is -0.123. The Hall–Kier alpha value is -3.23. The molecule has 1 amide bonds. The summed E-state index contributed by atoms with van der Waals surface area (Å²) in [6, 6.07) is 20.3. The molecule has 0 aliphatic heterocycles. The number of aryl methyl sites for hydroxylation is 1. The van der Waals surface area contributed by atoms with Crippen LogP contribution >= 0.6 is 23.1 Å². The molecule has 0 aliphatic rings. The molecule has 30 heavy (non-hydrogen) atoms. The Morgan fingerprint density at radius 2 is 1.93 bits per heavy atom. The predicted molar refractivity (Wildman–Crippen MR) is 123 cm³/mol. The molecule has 5 rings (SSSR count). The number of nitrogens with zero attached hydrogens (tertiary/aromatic N) is 4. The van der Waals surface area contributed by atoms with Gasteiger partial charge in [-0.3, -0.25) is 9.36 Å². The fourth-order valence-electron chi connectivity index (χ4n) is 3.21. The van der Waals surface area contributed by atoms with Gasteiger partial charge in [-0.2, -0.15) is 0 Å². The van der Waals surface area contributed by atoms with E-state index in [1.165, 1.54) is 28.7 Å². The zero-order valence-electron chi connectivity index (χ0n) is 16.1. The fraction of sp³-hybridized carbons (Fsp3) is 0.0909. The second-order valence-electron chi connectivity index (χ2n) is 6.81. The van der Waals surface area contributed by atoms with Gasteiger partial charge in [0.25, 0.3) is 0 Å². The Bertz CT molecular complexity index is 1360. The lowest BCUT2D eigenvalue weighted by Gasteiger charge is -2.06. The number of anilines is 1. The molecule has 0 aliphatic carbocycles. The molecular formula is C22H17N5OS2. The molecular weight excluding hydrogens is 414 g/mol. The first-order valence-corrected chi connectivity index (χ1v) is 11.2. The Kier molecular flexibility index (Phi) is 4.94. The van der Waals surface area contributed by atoms with E-state index in [1.807, 2.05) is 54.0 Å². The summed E-state index contributed by atoms with van der Waals surface area (Å²) in [6.45, 7) is 2.04. The van der Waals surface area contributed by atoms with Crippen LogP contribution in [0.4, 0.5) is 5.13 Å². The molecule has 0 unspecified atom stereocenters. The van der Waals surface area contributed by atoms with Crippen molar-refractivity contribution < 1.29 is 4.79 Å². The summed E-state index contributed by atoms with van der Waals surface area (Å²) in [5, 5.41) is 14.6. The lowest BCUT2D eigenvalue weighted by molar-refractivity contribution is -0.113. The predicted octanol–water partition coefficient (Wildman–Crippen LogP) is 5.07. The molecule has 3 aromatic carbocycles. The van der Waals surface area contributed by atoms with Crippen LogP contribution in [0.5, 0.6) is 0 Å². The lowest BCUT2D eigenvalue weighted by atomic mass is 10.1. The second-order valence-corrected chi connectivity index (χ2v) is 8.78. The Balaban J connectivity index is 1.30. The number of thioether (sulfide) groups is 1. The van der Waals surface area contributed by atoms with Crippen LogP contribution in [0.3, 0.4) is 0 Å². The minimum absolute atomic E-state index is 0.123. The molecule has 0 bridgehead atoms. The molecule has 1 N–H and O–H groups in total. The van der Waals surface area contributed by atoms with E-state index >= 15 is 0 Å². The van der Waals surface area contributed by atoms with E-state index in [0.29, 0.717) is 10.3 Å². The number of amides is 1. The van der Waals surface area contributed by atoms with Crippen LogP contribution in [0, 0.1) is 6.92 Å². The molecule has 148 valence electrons. The van der Waals surface area contributed by atoms with E-state index in [-0.39, 0.29) is 11.7 Å². The maximum Gasteiger partial charge on any atom is 0.236 e. The zero-order chi connectivity index (χ0) is 20.5. The van der Waals surface area contributed by atoms with Crippen LogP contribution in [0.2, 0.25) is 0 Å². The van der Waals surface area contributed by atoms with Gasteiger partial charge in [-0.25, -0.2) is 4.98 Å². The summed E-state index contributed by atoms with van der Waals surface area (Å²) in [7, 11) is 0. The summed E-state index contributed by atoms with van der Waals surface area (Å²) in [6.07, 6.45) is 1.66. The highest BCUT2D eigenvalue weighted by Gasteiger charge is 2.13. The van der Waals surface area contributed by atoms with E-state index in [0.717, 1.165) is 26.7 Å². The summed E-state index contributed by atoms with van der Waals surface area (Å²) < 4.78 is 2.93. The molecule has 6 nitrogen and oxygen atoms in total. The smallest absolute Gasteiger partial charge is 0.236 e. The monoisotopic (exact) mass is 431 g/mol. The van der Waals surface area contributed by atoms with Gasteiger partial charge < -0.3 is 5.32 Å². The van der Waals surface area contributed by atoms with Gasteiger partial charge in [0.05, 0.1) is 16.0 Å². The number of carbonyl (C=O) groups excluding carboxylic acids is 1. The van der Waals surface area contributed by atoms with Crippen LogP contribution in [0.1, 0.15) is 5.56 Å². The van der Waals surface area contributed by atoms with E-state index < -0.39 is 0 Å². The quantitative estimate of drug-likeness (QED) is 0.393. The first-order valence-electron chi connectivity index (χ1n) is 9.35. The summed E-state index contributed by atoms with van der Waals surface area (Å²) in [5.74, 6) is 0.100. The number of thiazole rings is 1. The van der Waals surface area contributed by atoms with Gasteiger partial charge in [0.2, 0.25) is 5.91 Å². The van der Waals surface area contributed by atoms with E-state index in [4.69, 9.17) is 0 Å². The number of nitrogens with one attached hydrogen (secondary N) is 1. The number of carbonyl (C=O) groups is 1. The highest BCUT2D eigenvalue weighted by molar-refractivity contribution is 7.99. The highest BCUT2D eigenvalue weighted by atomic mass is 32.2. The van der Waals surface area contributed by atoms with E-state index in [2.05, 4.69) is 38.7 Å². The van der Waals surface area contributed by atoms with Gasteiger partial charge >= 0.3 is 0 Å². The average Bonchev–Trinajstić information content (AvgIpc) is 3.39. The summed E-state index contributed by atoms with van der Waals surface area (Å²) >= 11 is 2.82. The molecule has 2 heterocycles. The van der Waals surface area contributed by atoms with Crippen LogP contribution in [-0.2, 0) is 4.79 Å². The molecule has 0 saturated carbocycles. The molecule has 0 fully saturated rings. The normalized spacial score (nSPS) is 11.2. The third-order valence-electron chi connectivity index (χ3n) is 4.69. The number of benzene rings is 3. The number of hydrogen-bond acceptors (Lipinski definition) is 6. The van der Waals surface area contributed by atoms with Gasteiger partial charge in [0.1, 0.15) is 6.33 Å². The summed E-state index contributed by atoms with van der Waals surface area (Å²) in [5.41, 5.74) is 3.07. The van der Waals surface area contributed by atoms with E-state index in [9.17, 15) is 4.79 Å². The van der Waals surface area contributed by atoms with Gasteiger partial charge in [-0.15, -0.1) is 10.2 Å². The minimum Gasteiger partial charge on any atom is -0.301 e. The van der Waals surface area contributed by atoms with E-state index in [1.54, 1.807) is 6.33 Å². The maximum absolute atomic E-state index is 12.5. The molecule has 0 spiro atoms. The Morgan fingerprint density at radius 1 is 1.10 bits per heavy atom. The van der Waals surface area contributed by atoms with Crippen molar-refractivity contribution in [2.75, 3.05) is 11.1 Å². The molecule has 0 atom stereocenters. The molecule has 0 saturated heterocycles. The van der Waals surface area contributed by atoms with Gasteiger partial charge in [-0.05, 0) is 30.5 Å². The van der Waals surface area contributed by atoms with Crippen molar-refractivity contribution in [1.82, 2.24) is 19.7 Å². The number of aromatic nitrogens is 4. The third kappa shape index (κ3) is 3.67. The van der Waals surface area contributed by atoms with Crippen molar-refractivity contribution >= 4 is 55.1 Å². The first-order chi connectivity index (χ1) is 14.7. The van der Waals surface area contributed by atoms with Crippen molar-refractivity contribution in [2.24, 2.45) is 0 Å². The van der Waals surface area contributed by atoms with Crippen LogP contribution < -0.4 is 5.32 Å². The fourth-order valence-corrected chi connectivity index (χ4v) is 4.83. The van der Waals surface area contributed by atoms with Crippen molar-refractivity contribution in [3.8, 4) is 5.69 Å². The topological polar surface area (TPSA) is 72.7 Å². The van der Waals surface area contributed by atoms with Gasteiger partial charge in [0.15, 0.2) is 10.3 Å². The van der Waals surface area contributed by atoms with Crippen molar-refractivity contribution in [3.05, 3.63) is 72.6 Å². The molecule has 0 radical (unpaired) electrons. The summed E-state index contributed by atoms with van der Waals surface area (Å²) in [4.78, 5) is 17.2. The largest absolute Gasteiger partial charge is 0.301 e. The molecule has 5 aromatic rings. The zero-order valence-corrected chi connectivity index (χ0v) is 17.7.